The topological polar surface area (TPSA) is 41.1 Å². The predicted octanol–water partition coefficient (Wildman–Crippen LogP) is 3.62. The molecule has 18 heavy (non-hydrogen) atoms. The van der Waals surface area contributed by atoms with E-state index in [-0.39, 0.29) is 5.91 Å². The SMILES string of the molecule is C=C(NNC(=O)CCCCC)c1ccc(Br)cc1. The summed E-state index contributed by atoms with van der Waals surface area (Å²) in [5.41, 5.74) is 7.13. The van der Waals surface area contributed by atoms with Crippen molar-refractivity contribution in [2.45, 2.75) is 32.6 Å². The Hall–Kier alpha value is -1.29. The standard InChI is InChI=1S/C14H19BrN2O/c1-3-4-5-6-14(18)17-16-11(2)12-7-9-13(15)10-8-12/h7-10,16H,2-6H2,1H3,(H,17,18). The minimum Gasteiger partial charge on any atom is -0.299 e. The Morgan fingerprint density at radius 2 is 1.89 bits per heavy atom. The average molecular weight is 311 g/mol. The molecule has 1 aromatic carbocycles. The summed E-state index contributed by atoms with van der Waals surface area (Å²) in [7, 11) is 0. The van der Waals surface area contributed by atoms with Crippen molar-refractivity contribution in [3.05, 3.63) is 40.9 Å². The van der Waals surface area contributed by atoms with Gasteiger partial charge in [-0.2, -0.15) is 0 Å². The number of benzene rings is 1. The van der Waals surface area contributed by atoms with E-state index in [2.05, 4.69) is 40.3 Å². The van der Waals surface area contributed by atoms with Crippen LogP contribution in [0.2, 0.25) is 0 Å². The van der Waals surface area contributed by atoms with Crippen LogP contribution < -0.4 is 10.9 Å². The molecule has 0 spiro atoms. The lowest BCUT2D eigenvalue weighted by Crippen LogP contribution is -2.35. The Balaban J connectivity index is 2.32. The molecule has 0 fully saturated rings. The zero-order chi connectivity index (χ0) is 13.4. The normalized spacial score (nSPS) is 9.89. The average Bonchev–Trinajstić information content (AvgIpc) is 2.37. The van der Waals surface area contributed by atoms with Crippen molar-refractivity contribution in [1.29, 1.82) is 0 Å². The number of amides is 1. The van der Waals surface area contributed by atoms with E-state index >= 15 is 0 Å². The molecule has 1 amide bonds. The minimum atomic E-state index is 0.00158. The van der Waals surface area contributed by atoms with Crippen molar-refractivity contribution >= 4 is 27.5 Å². The summed E-state index contributed by atoms with van der Waals surface area (Å²) in [6.45, 7) is 6.00. The van der Waals surface area contributed by atoms with Crippen LogP contribution in [-0.4, -0.2) is 5.91 Å². The molecule has 0 radical (unpaired) electrons. The Bertz CT molecular complexity index is 401. The second kappa shape index (κ2) is 7.93. The minimum absolute atomic E-state index is 0.00158. The highest BCUT2D eigenvalue weighted by Gasteiger charge is 2.02. The molecule has 2 N–H and O–H groups in total. The van der Waals surface area contributed by atoms with E-state index in [0.717, 1.165) is 29.3 Å². The van der Waals surface area contributed by atoms with Gasteiger partial charge in [0.2, 0.25) is 5.91 Å². The van der Waals surface area contributed by atoms with Crippen LogP contribution in [-0.2, 0) is 4.79 Å². The maximum absolute atomic E-state index is 11.5. The van der Waals surface area contributed by atoms with Crippen LogP contribution in [0.3, 0.4) is 0 Å². The fraction of sp³-hybridized carbons (Fsp3) is 0.357. The van der Waals surface area contributed by atoms with Gasteiger partial charge >= 0.3 is 0 Å². The number of carbonyl (C=O) groups excluding carboxylic acids is 1. The molecule has 4 heteroatoms. The monoisotopic (exact) mass is 310 g/mol. The first-order chi connectivity index (χ1) is 8.63. The van der Waals surface area contributed by atoms with Gasteiger partial charge in [-0.15, -0.1) is 0 Å². The highest BCUT2D eigenvalue weighted by atomic mass is 79.9. The lowest BCUT2D eigenvalue weighted by atomic mass is 10.2. The molecule has 0 aromatic heterocycles. The van der Waals surface area contributed by atoms with Gasteiger partial charge in [0.05, 0.1) is 5.70 Å². The van der Waals surface area contributed by atoms with Gasteiger partial charge in [0.1, 0.15) is 0 Å². The number of halogens is 1. The summed E-state index contributed by atoms with van der Waals surface area (Å²) in [5, 5.41) is 0. The molecule has 0 saturated carbocycles. The van der Waals surface area contributed by atoms with Gasteiger partial charge in [-0.05, 0) is 24.1 Å². The van der Waals surface area contributed by atoms with Crippen molar-refractivity contribution < 1.29 is 4.79 Å². The first-order valence-corrected chi connectivity index (χ1v) is 6.92. The number of nitrogens with one attached hydrogen (secondary N) is 2. The number of hydrogen-bond donors (Lipinski definition) is 2. The zero-order valence-corrected chi connectivity index (χ0v) is 12.2. The van der Waals surface area contributed by atoms with E-state index in [1.807, 2.05) is 24.3 Å². The van der Waals surface area contributed by atoms with Gasteiger partial charge in [-0.1, -0.05) is 54.4 Å². The van der Waals surface area contributed by atoms with Crippen LogP contribution in [0.4, 0.5) is 0 Å². The molecule has 0 aliphatic carbocycles. The van der Waals surface area contributed by atoms with Crippen LogP contribution in [0, 0.1) is 0 Å². The Morgan fingerprint density at radius 1 is 1.22 bits per heavy atom. The Morgan fingerprint density at radius 3 is 2.50 bits per heavy atom. The third kappa shape index (κ3) is 5.36. The molecule has 1 aromatic rings. The molecular formula is C14H19BrN2O. The highest BCUT2D eigenvalue weighted by molar-refractivity contribution is 9.10. The lowest BCUT2D eigenvalue weighted by molar-refractivity contribution is -0.121. The summed E-state index contributed by atoms with van der Waals surface area (Å²) in [6, 6.07) is 7.74. The summed E-state index contributed by atoms with van der Waals surface area (Å²) in [6.07, 6.45) is 3.68. The van der Waals surface area contributed by atoms with Crippen molar-refractivity contribution in [1.82, 2.24) is 10.9 Å². The highest BCUT2D eigenvalue weighted by Crippen LogP contribution is 2.14. The molecule has 98 valence electrons. The van der Waals surface area contributed by atoms with E-state index in [9.17, 15) is 4.79 Å². The quantitative estimate of drug-likeness (QED) is 0.596. The van der Waals surface area contributed by atoms with Gasteiger partial charge in [0, 0.05) is 10.9 Å². The van der Waals surface area contributed by atoms with Gasteiger partial charge < -0.3 is 0 Å². The second-order valence-electron chi connectivity index (χ2n) is 4.12. The van der Waals surface area contributed by atoms with Crippen LogP contribution in [0.15, 0.2) is 35.3 Å². The number of rotatable bonds is 7. The predicted molar refractivity (Wildman–Crippen MR) is 78.6 cm³/mol. The molecule has 0 saturated heterocycles. The second-order valence-corrected chi connectivity index (χ2v) is 5.03. The number of hydrogen-bond acceptors (Lipinski definition) is 2. The van der Waals surface area contributed by atoms with Gasteiger partial charge in [-0.25, -0.2) is 0 Å². The lowest BCUT2D eigenvalue weighted by Gasteiger charge is -2.11. The Labute approximate surface area is 117 Å². The summed E-state index contributed by atoms with van der Waals surface area (Å²) >= 11 is 3.37. The van der Waals surface area contributed by atoms with Crippen molar-refractivity contribution in [3.8, 4) is 0 Å². The van der Waals surface area contributed by atoms with Crippen LogP contribution >= 0.6 is 15.9 Å². The van der Waals surface area contributed by atoms with Crippen LogP contribution in [0.5, 0.6) is 0 Å². The molecular weight excluding hydrogens is 292 g/mol. The van der Waals surface area contributed by atoms with Gasteiger partial charge in [0.15, 0.2) is 0 Å². The summed E-state index contributed by atoms with van der Waals surface area (Å²) in [5.74, 6) is 0.00158. The third-order valence-corrected chi connectivity index (χ3v) is 3.08. The van der Waals surface area contributed by atoms with Crippen LogP contribution in [0.25, 0.3) is 5.70 Å². The molecule has 3 nitrogen and oxygen atoms in total. The third-order valence-electron chi connectivity index (χ3n) is 2.55. The summed E-state index contributed by atoms with van der Waals surface area (Å²) < 4.78 is 1.02. The molecule has 0 aliphatic rings. The molecule has 0 atom stereocenters. The van der Waals surface area contributed by atoms with Crippen molar-refractivity contribution in [2.24, 2.45) is 0 Å². The maximum Gasteiger partial charge on any atom is 0.238 e. The van der Waals surface area contributed by atoms with Gasteiger partial charge in [0.25, 0.3) is 0 Å². The number of unbranched alkanes of at least 4 members (excludes halogenated alkanes) is 2. The molecule has 0 aliphatic heterocycles. The van der Waals surface area contributed by atoms with Crippen molar-refractivity contribution in [3.63, 3.8) is 0 Å². The molecule has 1 rings (SSSR count). The van der Waals surface area contributed by atoms with E-state index in [4.69, 9.17) is 0 Å². The smallest absolute Gasteiger partial charge is 0.238 e. The number of hydrazine groups is 1. The van der Waals surface area contributed by atoms with E-state index in [1.54, 1.807) is 0 Å². The largest absolute Gasteiger partial charge is 0.299 e. The van der Waals surface area contributed by atoms with E-state index in [0.29, 0.717) is 12.1 Å². The van der Waals surface area contributed by atoms with Gasteiger partial charge in [-0.3, -0.25) is 15.6 Å². The maximum atomic E-state index is 11.5. The molecule has 0 bridgehead atoms. The van der Waals surface area contributed by atoms with E-state index < -0.39 is 0 Å². The Kier molecular flexibility index (Phi) is 6.50. The zero-order valence-electron chi connectivity index (χ0n) is 10.6. The molecule has 0 unspecified atom stereocenters. The van der Waals surface area contributed by atoms with Crippen molar-refractivity contribution in [2.75, 3.05) is 0 Å². The molecule has 0 heterocycles. The first kappa shape index (κ1) is 14.8. The first-order valence-electron chi connectivity index (χ1n) is 6.13. The van der Waals surface area contributed by atoms with E-state index in [1.165, 1.54) is 0 Å². The summed E-state index contributed by atoms with van der Waals surface area (Å²) in [4.78, 5) is 11.5. The fourth-order valence-corrected chi connectivity index (χ4v) is 1.73. The number of carbonyl (C=O) groups is 1. The fourth-order valence-electron chi connectivity index (χ4n) is 1.47. The van der Waals surface area contributed by atoms with Crippen LogP contribution in [0.1, 0.15) is 38.2 Å².